The van der Waals surface area contributed by atoms with Crippen LogP contribution in [0.2, 0.25) is 0 Å². The Labute approximate surface area is 102 Å². The molecule has 94 valence electrons. The van der Waals surface area contributed by atoms with E-state index in [1.54, 1.807) is 19.1 Å². The smallest absolute Gasteiger partial charge is 0.194 e. The van der Waals surface area contributed by atoms with Crippen LogP contribution >= 0.6 is 0 Å². The molecule has 5 heteroatoms. The second-order valence-corrected chi connectivity index (χ2v) is 3.93. The SMILES string of the molecule is Cc1ccc(C(O)c2cc(F)c(F)c(F)c2)cn1. The maximum Gasteiger partial charge on any atom is 0.194 e. The average molecular weight is 253 g/mol. The second kappa shape index (κ2) is 4.78. The van der Waals surface area contributed by atoms with Gasteiger partial charge in [0, 0.05) is 17.5 Å². The minimum atomic E-state index is -1.55. The summed E-state index contributed by atoms with van der Waals surface area (Å²) in [6.07, 6.45) is 0.154. The molecule has 0 aliphatic carbocycles. The summed E-state index contributed by atoms with van der Waals surface area (Å²) in [7, 11) is 0. The van der Waals surface area contributed by atoms with Crippen LogP contribution in [0.15, 0.2) is 30.5 Å². The lowest BCUT2D eigenvalue weighted by Gasteiger charge is -2.12. The number of benzene rings is 1. The van der Waals surface area contributed by atoms with Gasteiger partial charge < -0.3 is 5.11 Å². The van der Waals surface area contributed by atoms with Crippen LogP contribution in [0.1, 0.15) is 22.9 Å². The molecule has 1 unspecified atom stereocenters. The van der Waals surface area contributed by atoms with E-state index in [0.717, 1.165) is 17.8 Å². The Kier molecular flexibility index (Phi) is 3.34. The number of nitrogens with zero attached hydrogens (tertiary/aromatic N) is 1. The van der Waals surface area contributed by atoms with Crippen LogP contribution < -0.4 is 0 Å². The van der Waals surface area contributed by atoms with Gasteiger partial charge in [-0.1, -0.05) is 6.07 Å². The molecule has 0 radical (unpaired) electrons. The Morgan fingerprint density at radius 3 is 2.17 bits per heavy atom. The van der Waals surface area contributed by atoms with E-state index in [0.29, 0.717) is 5.56 Å². The predicted molar refractivity (Wildman–Crippen MR) is 59.4 cm³/mol. The van der Waals surface area contributed by atoms with Crippen LogP contribution in [0.4, 0.5) is 13.2 Å². The zero-order valence-corrected chi connectivity index (χ0v) is 9.49. The quantitative estimate of drug-likeness (QED) is 0.835. The fourth-order valence-electron chi connectivity index (χ4n) is 1.57. The lowest BCUT2D eigenvalue weighted by Crippen LogP contribution is -2.03. The van der Waals surface area contributed by atoms with Crippen LogP contribution in [-0.4, -0.2) is 10.1 Å². The number of aromatic nitrogens is 1. The Bertz CT molecular complexity index is 546. The molecule has 1 aromatic carbocycles. The molecule has 0 aliphatic rings. The zero-order valence-electron chi connectivity index (χ0n) is 9.49. The van der Waals surface area contributed by atoms with E-state index in [1.165, 1.54) is 6.20 Å². The lowest BCUT2D eigenvalue weighted by molar-refractivity contribution is 0.218. The molecule has 0 saturated heterocycles. The Morgan fingerprint density at radius 1 is 1.06 bits per heavy atom. The highest BCUT2D eigenvalue weighted by atomic mass is 19.2. The van der Waals surface area contributed by atoms with E-state index in [9.17, 15) is 18.3 Å². The van der Waals surface area contributed by atoms with E-state index < -0.39 is 23.6 Å². The van der Waals surface area contributed by atoms with E-state index in [2.05, 4.69) is 4.98 Å². The first-order chi connectivity index (χ1) is 8.49. The van der Waals surface area contributed by atoms with Crippen molar-refractivity contribution in [3.63, 3.8) is 0 Å². The molecule has 0 amide bonds. The van der Waals surface area contributed by atoms with Gasteiger partial charge in [-0.05, 0) is 30.7 Å². The van der Waals surface area contributed by atoms with Crippen LogP contribution in [-0.2, 0) is 0 Å². The van der Waals surface area contributed by atoms with Gasteiger partial charge in [-0.25, -0.2) is 13.2 Å². The summed E-state index contributed by atoms with van der Waals surface area (Å²) >= 11 is 0. The molecule has 2 aromatic rings. The Hall–Kier alpha value is -1.88. The fourth-order valence-corrected chi connectivity index (χ4v) is 1.57. The summed E-state index contributed by atoms with van der Waals surface area (Å²) in [6.45, 7) is 1.77. The topological polar surface area (TPSA) is 33.1 Å². The normalized spacial score (nSPS) is 12.5. The van der Waals surface area contributed by atoms with Crippen molar-refractivity contribution in [2.45, 2.75) is 13.0 Å². The molecule has 0 spiro atoms. The van der Waals surface area contributed by atoms with Crippen molar-refractivity contribution >= 4 is 0 Å². The zero-order chi connectivity index (χ0) is 13.3. The third-order valence-electron chi connectivity index (χ3n) is 2.57. The highest BCUT2D eigenvalue weighted by molar-refractivity contribution is 5.30. The number of rotatable bonds is 2. The molecular weight excluding hydrogens is 243 g/mol. The Morgan fingerprint density at radius 2 is 1.67 bits per heavy atom. The number of halogens is 3. The summed E-state index contributed by atoms with van der Waals surface area (Å²) in [5, 5.41) is 9.93. The minimum absolute atomic E-state index is 0.0583. The van der Waals surface area contributed by atoms with E-state index in [1.807, 2.05) is 0 Å². The van der Waals surface area contributed by atoms with Gasteiger partial charge in [-0.3, -0.25) is 4.98 Å². The van der Waals surface area contributed by atoms with Crippen molar-refractivity contribution in [1.29, 1.82) is 0 Å². The molecule has 1 atom stereocenters. The van der Waals surface area contributed by atoms with Crippen molar-refractivity contribution in [3.8, 4) is 0 Å². The summed E-state index contributed by atoms with van der Waals surface area (Å²) in [4.78, 5) is 3.97. The monoisotopic (exact) mass is 253 g/mol. The van der Waals surface area contributed by atoms with E-state index in [4.69, 9.17) is 0 Å². The van der Waals surface area contributed by atoms with Gasteiger partial charge in [0.2, 0.25) is 0 Å². The molecule has 0 bridgehead atoms. The number of aliphatic hydroxyl groups excluding tert-OH is 1. The minimum Gasteiger partial charge on any atom is -0.384 e. The lowest BCUT2D eigenvalue weighted by atomic mass is 10.0. The van der Waals surface area contributed by atoms with Gasteiger partial charge in [0.15, 0.2) is 17.5 Å². The van der Waals surface area contributed by atoms with Crippen molar-refractivity contribution in [1.82, 2.24) is 4.98 Å². The number of aryl methyl sites for hydroxylation is 1. The van der Waals surface area contributed by atoms with Crippen molar-refractivity contribution in [2.24, 2.45) is 0 Å². The van der Waals surface area contributed by atoms with Crippen LogP contribution in [0, 0.1) is 24.4 Å². The second-order valence-electron chi connectivity index (χ2n) is 3.93. The summed E-state index contributed by atoms with van der Waals surface area (Å²) in [6, 6.07) is 4.78. The van der Waals surface area contributed by atoms with Crippen LogP contribution in [0.25, 0.3) is 0 Å². The highest BCUT2D eigenvalue weighted by Crippen LogP contribution is 2.24. The third-order valence-corrected chi connectivity index (χ3v) is 2.57. The first-order valence-corrected chi connectivity index (χ1v) is 5.24. The van der Waals surface area contributed by atoms with E-state index in [-0.39, 0.29) is 5.56 Å². The van der Waals surface area contributed by atoms with Crippen LogP contribution in [0.3, 0.4) is 0 Å². The third kappa shape index (κ3) is 2.36. The molecule has 1 heterocycles. The molecule has 0 fully saturated rings. The molecule has 0 saturated carbocycles. The van der Waals surface area contributed by atoms with Gasteiger partial charge in [-0.15, -0.1) is 0 Å². The summed E-state index contributed by atoms with van der Waals surface area (Å²) in [5.74, 6) is -4.21. The number of aliphatic hydroxyl groups is 1. The molecule has 1 N–H and O–H groups in total. The van der Waals surface area contributed by atoms with E-state index >= 15 is 0 Å². The number of hydrogen-bond acceptors (Lipinski definition) is 2. The largest absolute Gasteiger partial charge is 0.384 e. The fraction of sp³-hybridized carbons (Fsp3) is 0.154. The molecular formula is C13H10F3NO. The molecule has 0 aliphatic heterocycles. The van der Waals surface area contributed by atoms with Gasteiger partial charge in [-0.2, -0.15) is 0 Å². The van der Waals surface area contributed by atoms with Gasteiger partial charge in [0.05, 0.1) is 0 Å². The van der Waals surface area contributed by atoms with Gasteiger partial charge in [0.25, 0.3) is 0 Å². The van der Waals surface area contributed by atoms with Crippen molar-refractivity contribution in [3.05, 3.63) is 64.7 Å². The maximum atomic E-state index is 13.0. The Balaban J connectivity index is 2.39. The maximum absolute atomic E-state index is 13.0. The first-order valence-electron chi connectivity index (χ1n) is 5.24. The standard InChI is InChI=1S/C13H10F3NO/c1-7-2-3-8(6-17-7)13(18)9-4-10(14)12(16)11(15)5-9/h2-6,13,18H,1H3. The highest BCUT2D eigenvalue weighted by Gasteiger charge is 2.17. The summed E-state index contributed by atoms with van der Waals surface area (Å²) in [5.41, 5.74) is 1.07. The first kappa shape index (κ1) is 12.6. The average Bonchev–Trinajstić information content (AvgIpc) is 2.35. The summed E-state index contributed by atoms with van der Waals surface area (Å²) < 4.78 is 38.9. The molecule has 1 aromatic heterocycles. The van der Waals surface area contributed by atoms with Gasteiger partial charge >= 0.3 is 0 Å². The number of pyridine rings is 1. The molecule has 2 rings (SSSR count). The van der Waals surface area contributed by atoms with Crippen molar-refractivity contribution < 1.29 is 18.3 Å². The predicted octanol–water partition coefficient (Wildman–Crippen LogP) is 2.89. The molecule has 2 nitrogen and oxygen atoms in total. The van der Waals surface area contributed by atoms with Gasteiger partial charge in [0.1, 0.15) is 6.10 Å². The number of hydrogen-bond donors (Lipinski definition) is 1. The van der Waals surface area contributed by atoms with Crippen LogP contribution in [0.5, 0.6) is 0 Å². The molecule has 18 heavy (non-hydrogen) atoms. The van der Waals surface area contributed by atoms with Crippen molar-refractivity contribution in [2.75, 3.05) is 0 Å².